The van der Waals surface area contributed by atoms with Crippen LogP contribution in [-0.4, -0.2) is 16.1 Å². The van der Waals surface area contributed by atoms with Crippen LogP contribution in [0.2, 0.25) is 5.02 Å². The molecule has 8 heteroatoms. The van der Waals surface area contributed by atoms with Crippen molar-refractivity contribution < 1.29 is 17.9 Å². The van der Waals surface area contributed by atoms with Crippen LogP contribution in [0, 0.1) is 0 Å². The van der Waals surface area contributed by atoms with E-state index >= 15 is 0 Å². The van der Waals surface area contributed by atoms with Crippen molar-refractivity contribution in [3.63, 3.8) is 0 Å². The molecule has 1 aliphatic rings. The zero-order valence-electron chi connectivity index (χ0n) is 13.3. The van der Waals surface area contributed by atoms with Crippen molar-refractivity contribution in [2.45, 2.75) is 44.4 Å². The monoisotopic (exact) mass is 371 g/mol. The topological polar surface area (TPSA) is 47.0 Å². The number of halogens is 4. The Labute approximate surface area is 148 Å². The number of ether oxygens (including phenoxy) is 1. The summed E-state index contributed by atoms with van der Waals surface area (Å²) in [5.41, 5.74) is -0.463. The van der Waals surface area contributed by atoms with Gasteiger partial charge in [-0.25, -0.2) is 4.98 Å². The van der Waals surface area contributed by atoms with E-state index in [1.54, 1.807) is 24.3 Å². The van der Waals surface area contributed by atoms with Crippen LogP contribution in [0.15, 0.2) is 30.5 Å². The molecule has 1 N–H and O–H groups in total. The number of para-hydroxylation sites is 1. The van der Waals surface area contributed by atoms with Gasteiger partial charge in [0, 0.05) is 6.20 Å². The van der Waals surface area contributed by atoms with Gasteiger partial charge in [-0.15, -0.1) is 0 Å². The molecular formula is C17H17ClF3N3O. The highest BCUT2D eigenvalue weighted by molar-refractivity contribution is 6.33. The highest BCUT2D eigenvalue weighted by Gasteiger charge is 2.37. The number of benzene rings is 1. The summed E-state index contributed by atoms with van der Waals surface area (Å²) in [6.45, 7) is 0. The SMILES string of the molecule is FC(F)(F)c1cnc(Nc2ccccc2Cl)nc1OC1CCCCC1. The number of alkyl halides is 3. The Morgan fingerprint density at radius 2 is 1.84 bits per heavy atom. The Kier molecular flexibility index (Phi) is 5.32. The molecule has 0 amide bonds. The van der Waals surface area contributed by atoms with Crippen LogP contribution in [-0.2, 0) is 6.18 Å². The molecule has 0 bridgehead atoms. The number of rotatable bonds is 4. The molecule has 0 aliphatic heterocycles. The van der Waals surface area contributed by atoms with Crippen LogP contribution >= 0.6 is 11.6 Å². The van der Waals surface area contributed by atoms with Gasteiger partial charge in [0.2, 0.25) is 11.8 Å². The van der Waals surface area contributed by atoms with Gasteiger partial charge in [-0.1, -0.05) is 30.2 Å². The van der Waals surface area contributed by atoms with E-state index in [1.807, 2.05) is 0 Å². The van der Waals surface area contributed by atoms with E-state index in [0.29, 0.717) is 10.7 Å². The second-order valence-corrected chi connectivity index (χ2v) is 6.30. The molecule has 1 aromatic carbocycles. The van der Waals surface area contributed by atoms with Crippen LogP contribution in [0.1, 0.15) is 37.7 Å². The molecule has 1 fully saturated rings. The van der Waals surface area contributed by atoms with Crippen molar-refractivity contribution in [2.75, 3.05) is 5.32 Å². The predicted octanol–water partition coefficient (Wildman–Crippen LogP) is 5.60. The summed E-state index contributed by atoms with van der Waals surface area (Å²) >= 11 is 6.04. The molecule has 1 aliphatic carbocycles. The van der Waals surface area contributed by atoms with E-state index in [9.17, 15) is 13.2 Å². The van der Waals surface area contributed by atoms with Crippen molar-refractivity contribution in [2.24, 2.45) is 0 Å². The minimum Gasteiger partial charge on any atom is -0.474 e. The Balaban J connectivity index is 1.88. The lowest BCUT2D eigenvalue weighted by molar-refractivity contribution is -0.140. The van der Waals surface area contributed by atoms with Crippen LogP contribution in [0.5, 0.6) is 5.88 Å². The van der Waals surface area contributed by atoms with Crippen molar-refractivity contribution in [1.29, 1.82) is 0 Å². The summed E-state index contributed by atoms with van der Waals surface area (Å²) in [7, 11) is 0. The van der Waals surface area contributed by atoms with E-state index in [4.69, 9.17) is 16.3 Å². The Bertz CT molecular complexity index is 733. The van der Waals surface area contributed by atoms with Crippen LogP contribution in [0.3, 0.4) is 0 Å². The summed E-state index contributed by atoms with van der Waals surface area (Å²) in [4.78, 5) is 7.70. The number of aromatic nitrogens is 2. The summed E-state index contributed by atoms with van der Waals surface area (Å²) < 4.78 is 45.2. The molecule has 2 aromatic rings. The molecule has 0 saturated heterocycles. The van der Waals surface area contributed by atoms with Crippen LogP contribution in [0.25, 0.3) is 0 Å². The van der Waals surface area contributed by atoms with Gasteiger partial charge in [0.05, 0.1) is 10.7 Å². The molecule has 1 aromatic heterocycles. The van der Waals surface area contributed by atoms with Crippen molar-refractivity contribution in [1.82, 2.24) is 9.97 Å². The van der Waals surface area contributed by atoms with E-state index in [-0.39, 0.29) is 12.1 Å². The van der Waals surface area contributed by atoms with Gasteiger partial charge in [-0.05, 0) is 37.8 Å². The molecule has 0 atom stereocenters. The Morgan fingerprint density at radius 3 is 2.52 bits per heavy atom. The lowest BCUT2D eigenvalue weighted by Crippen LogP contribution is -2.22. The van der Waals surface area contributed by atoms with Gasteiger partial charge in [0.1, 0.15) is 11.7 Å². The third kappa shape index (κ3) is 4.54. The maximum Gasteiger partial charge on any atom is 0.423 e. The lowest BCUT2D eigenvalue weighted by Gasteiger charge is -2.24. The standard InChI is InChI=1S/C17H17ClF3N3O/c18-13-8-4-5-9-14(13)23-16-22-10-12(17(19,20)21)15(24-16)25-11-6-2-1-3-7-11/h4-5,8-11H,1-3,6-7H2,(H,22,23,24). The maximum atomic E-state index is 13.2. The van der Waals surface area contributed by atoms with Gasteiger partial charge in [0.15, 0.2) is 0 Å². The van der Waals surface area contributed by atoms with Gasteiger partial charge in [0.25, 0.3) is 0 Å². The average Bonchev–Trinajstić information content (AvgIpc) is 2.57. The van der Waals surface area contributed by atoms with E-state index in [2.05, 4.69) is 15.3 Å². The fraction of sp³-hybridized carbons (Fsp3) is 0.412. The molecule has 1 heterocycles. The second-order valence-electron chi connectivity index (χ2n) is 5.89. The molecule has 1 saturated carbocycles. The smallest absolute Gasteiger partial charge is 0.423 e. The molecule has 0 unspecified atom stereocenters. The number of nitrogens with one attached hydrogen (secondary N) is 1. The molecule has 25 heavy (non-hydrogen) atoms. The first-order valence-corrected chi connectivity index (χ1v) is 8.44. The number of hydrogen-bond donors (Lipinski definition) is 1. The minimum absolute atomic E-state index is 0.00640. The zero-order valence-corrected chi connectivity index (χ0v) is 14.1. The summed E-state index contributed by atoms with van der Waals surface area (Å²) in [6.07, 6.45) is 0.344. The first kappa shape index (κ1) is 17.8. The maximum absolute atomic E-state index is 13.2. The largest absolute Gasteiger partial charge is 0.474 e. The normalized spacial score (nSPS) is 15.8. The number of anilines is 2. The zero-order chi connectivity index (χ0) is 17.9. The van der Waals surface area contributed by atoms with E-state index in [0.717, 1.165) is 38.3 Å². The third-order valence-electron chi connectivity index (χ3n) is 4.01. The fourth-order valence-electron chi connectivity index (χ4n) is 2.73. The predicted molar refractivity (Wildman–Crippen MR) is 89.3 cm³/mol. The van der Waals surface area contributed by atoms with Gasteiger partial charge in [-0.3, -0.25) is 0 Å². The Morgan fingerprint density at radius 1 is 1.12 bits per heavy atom. The second kappa shape index (κ2) is 7.47. The van der Waals surface area contributed by atoms with Crippen molar-refractivity contribution >= 4 is 23.2 Å². The van der Waals surface area contributed by atoms with E-state index in [1.165, 1.54) is 0 Å². The highest BCUT2D eigenvalue weighted by Crippen LogP contribution is 2.37. The number of hydrogen-bond acceptors (Lipinski definition) is 4. The van der Waals surface area contributed by atoms with Gasteiger partial charge < -0.3 is 10.1 Å². The van der Waals surface area contributed by atoms with Crippen molar-refractivity contribution in [3.8, 4) is 5.88 Å². The highest BCUT2D eigenvalue weighted by atomic mass is 35.5. The minimum atomic E-state index is -4.58. The summed E-state index contributed by atoms with van der Waals surface area (Å²) in [5.74, 6) is -0.434. The van der Waals surface area contributed by atoms with E-state index < -0.39 is 17.6 Å². The summed E-state index contributed by atoms with van der Waals surface area (Å²) in [6, 6.07) is 6.84. The van der Waals surface area contributed by atoms with Crippen molar-refractivity contribution in [3.05, 3.63) is 41.0 Å². The summed E-state index contributed by atoms with van der Waals surface area (Å²) in [5, 5.41) is 3.24. The molecule has 4 nitrogen and oxygen atoms in total. The molecular weight excluding hydrogens is 355 g/mol. The third-order valence-corrected chi connectivity index (χ3v) is 4.34. The van der Waals surface area contributed by atoms with Gasteiger partial charge >= 0.3 is 6.18 Å². The molecule has 0 radical (unpaired) electrons. The molecule has 0 spiro atoms. The quantitative estimate of drug-likeness (QED) is 0.759. The lowest BCUT2D eigenvalue weighted by atomic mass is 9.98. The average molecular weight is 372 g/mol. The number of nitrogens with zero attached hydrogens (tertiary/aromatic N) is 2. The molecule has 3 rings (SSSR count). The first-order chi connectivity index (χ1) is 11.9. The van der Waals surface area contributed by atoms with Crippen LogP contribution < -0.4 is 10.1 Å². The first-order valence-electron chi connectivity index (χ1n) is 8.06. The molecule has 134 valence electrons. The van der Waals surface area contributed by atoms with Crippen LogP contribution in [0.4, 0.5) is 24.8 Å². The van der Waals surface area contributed by atoms with Gasteiger partial charge in [-0.2, -0.15) is 18.2 Å². The Hall–Kier alpha value is -2.02. The fourth-order valence-corrected chi connectivity index (χ4v) is 2.92.